The maximum absolute atomic E-state index is 14.2. The molecule has 3 fully saturated rings. The molecule has 0 radical (unpaired) electrons. The molecule has 1 saturated carbocycles. The van der Waals surface area contributed by atoms with Crippen LogP contribution in [0.25, 0.3) is 0 Å². The van der Waals surface area contributed by atoms with Gasteiger partial charge in [0.2, 0.25) is 11.9 Å². The molecule has 2 saturated heterocycles. The van der Waals surface area contributed by atoms with Crippen molar-refractivity contribution in [1.29, 1.82) is 10.5 Å². The number of aryl methyl sites for hydroxylation is 1. The molecule has 4 aromatic rings. The number of aromatic nitrogens is 4. The Morgan fingerprint density at radius 1 is 0.928 bits per heavy atom. The largest absolute Gasteiger partial charge is 0.489 e. The van der Waals surface area contributed by atoms with Crippen LogP contribution in [0.3, 0.4) is 0 Å². The summed E-state index contributed by atoms with van der Waals surface area (Å²) < 4.78 is 37.0. The van der Waals surface area contributed by atoms with Crippen LogP contribution in [0.5, 0.6) is 5.75 Å². The monoisotopic (exact) mass is 961 g/mol. The van der Waals surface area contributed by atoms with E-state index >= 15 is 0 Å². The highest BCUT2D eigenvalue weighted by atomic mass is 35.5. The van der Waals surface area contributed by atoms with Crippen LogP contribution in [-0.4, -0.2) is 99.3 Å². The van der Waals surface area contributed by atoms with Gasteiger partial charge in [-0.1, -0.05) is 53.1 Å². The van der Waals surface area contributed by atoms with Gasteiger partial charge in [0.05, 0.1) is 40.4 Å². The van der Waals surface area contributed by atoms with Gasteiger partial charge in [-0.3, -0.25) is 14.3 Å². The topological polar surface area (TPSA) is 160 Å². The van der Waals surface area contributed by atoms with E-state index in [0.29, 0.717) is 71.9 Å². The lowest BCUT2D eigenvalue weighted by atomic mass is 9.49. The van der Waals surface area contributed by atoms with Crippen LogP contribution in [0.15, 0.2) is 42.7 Å². The number of alkyl halides is 2. The van der Waals surface area contributed by atoms with Gasteiger partial charge in [0.1, 0.15) is 17.9 Å². The molecule has 2 aromatic heterocycles. The Kier molecular flexibility index (Phi) is 12.9. The van der Waals surface area contributed by atoms with Crippen molar-refractivity contribution in [2.45, 2.75) is 118 Å². The summed E-state index contributed by atoms with van der Waals surface area (Å²) in [5, 5.41) is 27.8. The van der Waals surface area contributed by atoms with E-state index in [1.807, 2.05) is 15.9 Å². The number of likely N-dealkylation sites (tertiary alicyclic amines) is 1. The first-order chi connectivity index (χ1) is 32.8. The van der Waals surface area contributed by atoms with Crippen LogP contribution in [0, 0.1) is 44.8 Å². The molecule has 0 spiro atoms. The zero-order valence-electron chi connectivity index (χ0n) is 40.7. The highest BCUT2D eigenvalue weighted by Gasteiger charge is 2.64. The number of benzene rings is 2. The van der Waals surface area contributed by atoms with Crippen molar-refractivity contribution >= 4 is 40.9 Å². The molecule has 4 aliphatic heterocycles. The number of rotatable bonds is 10. The average molecular weight is 963 g/mol. The third-order valence-corrected chi connectivity index (χ3v) is 16.2. The summed E-state index contributed by atoms with van der Waals surface area (Å²) in [6.45, 7) is 20.6. The van der Waals surface area contributed by atoms with Crippen molar-refractivity contribution in [2.24, 2.45) is 22.2 Å². The molecule has 1 N–H and O–H groups in total. The highest BCUT2D eigenvalue weighted by molar-refractivity contribution is 6.31. The molecule has 9 rings (SSSR count). The fraction of sp³-hybridized carbons (Fsp3) is 0.558. The summed E-state index contributed by atoms with van der Waals surface area (Å²) in [6.07, 6.45) is 5.23. The Labute approximate surface area is 408 Å². The van der Waals surface area contributed by atoms with Crippen molar-refractivity contribution in [3.05, 3.63) is 86.8 Å². The van der Waals surface area contributed by atoms with Crippen molar-refractivity contribution in [1.82, 2.24) is 34.9 Å². The Balaban J connectivity index is 0.813. The molecule has 14 nitrogen and oxygen atoms in total. The molecule has 0 bridgehead atoms. The zero-order chi connectivity index (χ0) is 49.2. The lowest BCUT2D eigenvalue weighted by molar-refractivity contribution is -0.164. The lowest BCUT2D eigenvalue weighted by Gasteiger charge is -2.63. The van der Waals surface area contributed by atoms with E-state index in [4.69, 9.17) is 31.4 Å². The van der Waals surface area contributed by atoms with Crippen molar-refractivity contribution in [3.63, 3.8) is 0 Å². The molecule has 1 aliphatic carbocycles. The van der Waals surface area contributed by atoms with Gasteiger partial charge in [0.15, 0.2) is 5.82 Å². The molecule has 1 unspecified atom stereocenters. The number of carbonyl (C=O) groups excluding carboxylic acids is 2. The number of piperidine rings is 2. The standard InChI is InChI=1S/C52H62ClF2N11O3/c1-31(67)63-20-15-42-40(29-63)45(65-16-8-9-32-21-34(25-57)39(44(54)55)23-43(32)65)61-66(42)37-13-17-62(18-14-37)28-36-12-19-64(30-50(36,2)3)49-58-26-35(27-59-49)46(68)60-47-51(4,5)48(52(47,6)7)69-38-11-10-33(24-56)41(53)22-38/h10-11,21-23,26-27,36-37,44,47-48H,8-9,12-20,28-30H2,1-7H3,(H,60,68). The van der Waals surface area contributed by atoms with Crippen LogP contribution in [0.2, 0.25) is 5.02 Å². The maximum Gasteiger partial charge on any atom is 0.265 e. The van der Waals surface area contributed by atoms with Crippen molar-refractivity contribution in [3.8, 4) is 17.9 Å². The Hall–Kier alpha value is -5.84. The quantitative estimate of drug-likeness (QED) is 0.162. The van der Waals surface area contributed by atoms with E-state index in [-0.39, 0.29) is 46.5 Å². The third kappa shape index (κ3) is 8.99. The summed E-state index contributed by atoms with van der Waals surface area (Å²) in [6, 6.07) is 12.2. The SMILES string of the molecule is CC(=O)N1CCc2c(c(N3CCCc4cc(C#N)c(C(F)F)cc43)nn2C2CCN(CC3CCN(c4ncc(C(=O)NC5C(C)(C)C(Oc6ccc(C#N)c(Cl)c6)C5(C)C)cn4)CC3(C)C)CC2)C1. The number of anilines is 3. The molecule has 364 valence electrons. The summed E-state index contributed by atoms with van der Waals surface area (Å²) in [5.74, 6) is 2.13. The van der Waals surface area contributed by atoms with Crippen LogP contribution < -0.4 is 19.9 Å². The number of nitriles is 2. The Morgan fingerprint density at radius 3 is 2.28 bits per heavy atom. The molecular weight excluding hydrogens is 900 g/mol. The maximum atomic E-state index is 14.2. The predicted octanol–water partition coefficient (Wildman–Crippen LogP) is 8.80. The summed E-state index contributed by atoms with van der Waals surface area (Å²) in [7, 11) is 0. The van der Waals surface area contributed by atoms with Gasteiger partial charge in [-0.2, -0.15) is 15.6 Å². The van der Waals surface area contributed by atoms with Crippen LogP contribution >= 0.6 is 11.6 Å². The normalized spacial score (nSPS) is 23.0. The van der Waals surface area contributed by atoms with E-state index in [0.717, 1.165) is 81.0 Å². The third-order valence-electron chi connectivity index (χ3n) is 15.9. The zero-order valence-corrected chi connectivity index (χ0v) is 41.4. The van der Waals surface area contributed by atoms with Crippen LogP contribution in [-0.2, 0) is 24.2 Å². The molecule has 2 aromatic carbocycles. The predicted molar refractivity (Wildman–Crippen MR) is 259 cm³/mol. The highest BCUT2D eigenvalue weighted by Crippen LogP contribution is 2.56. The Bertz CT molecular complexity index is 2700. The van der Waals surface area contributed by atoms with E-state index < -0.39 is 17.3 Å². The first-order valence-electron chi connectivity index (χ1n) is 24.3. The fourth-order valence-electron chi connectivity index (χ4n) is 12.3. The summed E-state index contributed by atoms with van der Waals surface area (Å²) in [5.41, 5.74) is 3.34. The number of fused-ring (bicyclic) bond motifs is 2. The molecule has 6 heterocycles. The molecule has 1 atom stereocenters. The minimum absolute atomic E-state index is 0.00163. The number of amides is 2. The number of nitrogens with one attached hydrogen (secondary N) is 1. The molecule has 69 heavy (non-hydrogen) atoms. The van der Waals surface area contributed by atoms with Gasteiger partial charge in [-0.15, -0.1) is 0 Å². The molecule has 5 aliphatic rings. The van der Waals surface area contributed by atoms with E-state index in [1.165, 1.54) is 6.07 Å². The van der Waals surface area contributed by atoms with E-state index in [9.17, 15) is 28.9 Å². The lowest BCUT2D eigenvalue weighted by Crippen LogP contribution is -2.74. The summed E-state index contributed by atoms with van der Waals surface area (Å²) in [4.78, 5) is 44.4. The second-order valence-electron chi connectivity index (χ2n) is 21.6. The van der Waals surface area contributed by atoms with Gasteiger partial charge >= 0.3 is 0 Å². The first-order valence-corrected chi connectivity index (χ1v) is 24.6. The van der Waals surface area contributed by atoms with Crippen LogP contribution in [0.4, 0.5) is 26.2 Å². The molecular formula is C52H62ClF2N11O3. The van der Waals surface area contributed by atoms with Gasteiger partial charge in [-0.05, 0) is 73.3 Å². The Morgan fingerprint density at radius 2 is 1.64 bits per heavy atom. The summed E-state index contributed by atoms with van der Waals surface area (Å²) >= 11 is 6.28. The molecule has 2 amide bonds. The number of hydrogen-bond acceptors (Lipinski definition) is 11. The average Bonchev–Trinajstić information content (AvgIpc) is 3.71. The van der Waals surface area contributed by atoms with E-state index in [2.05, 4.69) is 67.4 Å². The van der Waals surface area contributed by atoms with Gasteiger partial charge < -0.3 is 29.7 Å². The number of carbonyl (C=O) groups is 2. The smallest absolute Gasteiger partial charge is 0.265 e. The number of nitrogens with zero attached hydrogens (tertiary/aromatic N) is 10. The number of halogens is 3. The van der Waals surface area contributed by atoms with Crippen molar-refractivity contribution < 1.29 is 23.1 Å². The second kappa shape index (κ2) is 18.5. The van der Waals surface area contributed by atoms with E-state index in [1.54, 1.807) is 43.6 Å². The molecule has 17 heteroatoms. The number of hydrogen-bond donors (Lipinski definition) is 1. The second-order valence-corrected chi connectivity index (χ2v) is 22.0. The van der Waals surface area contributed by atoms with Gasteiger partial charge in [0, 0.05) is 117 Å². The number of ether oxygens (including phenoxy) is 1. The minimum atomic E-state index is -2.77. The van der Waals surface area contributed by atoms with Gasteiger partial charge in [0.25, 0.3) is 12.3 Å². The minimum Gasteiger partial charge on any atom is -0.489 e. The first kappa shape index (κ1) is 48.2. The van der Waals surface area contributed by atoms with Crippen LogP contribution in [0.1, 0.15) is 130 Å². The fourth-order valence-corrected chi connectivity index (χ4v) is 12.6. The van der Waals surface area contributed by atoms with Gasteiger partial charge in [-0.25, -0.2) is 18.7 Å². The van der Waals surface area contributed by atoms with Crippen molar-refractivity contribution in [2.75, 3.05) is 55.6 Å².